The van der Waals surface area contributed by atoms with Crippen molar-refractivity contribution in [2.75, 3.05) is 0 Å². The van der Waals surface area contributed by atoms with Gasteiger partial charge in [0.05, 0.1) is 5.56 Å². The van der Waals surface area contributed by atoms with Gasteiger partial charge in [0.15, 0.2) is 0 Å². The Kier molecular flexibility index (Phi) is 2.14. The summed E-state index contributed by atoms with van der Waals surface area (Å²) in [5, 5.41) is 10.8. The SMILES string of the molecule is O=Nc1ccc(C(=O)O)c(F)c1. The van der Waals surface area contributed by atoms with Crippen molar-refractivity contribution in [2.24, 2.45) is 5.18 Å². The number of hydrogen-bond acceptors (Lipinski definition) is 3. The zero-order valence-electron chi connectivity index (χ0n) is 5.82. The average Bonchev–Trinajstić information content (AvgIpc) is 2.03. The molecule has 0 radical (unpaired) electrons. The van der Waals surface area contributed by atoms with E-state index >= 15 is 0 Å². The Labute approximate surface area is 66.6 Å². The molecule has 12 heavy (non-hydrogen) atoms. The molecule has 1 rings (SSSR count). The van der Waals surface area contributed by atoms with Gasteiger partial charge >= 0.3 is 5.97 Å². The van der Waals surface area contributed by atoms with Gasteiger partial charge in [-0.1, -0.05) is 0 Å². The number of carboxylic acid groups (broad SMARTS) is 1. The van der Waals surface area contributed by atoms with Crippen LogP contribution in [-0.4, -0.2) is 11.1 Å². The highest BCUT2D eigenvalue weighted by atomic mass is 19.1. The van der Waals surface area contributed by atoms with Gasteiger partial charge in [0.25, 0.3) is 0 Å². The fraction of sp³-hybridized carbons (Fsp3) is 0. The highest BCUT2D eigenvalue weighted by molar-refractivity contribution is 5.88. The summed E-state index contributed by atoms with van der Waals surface area (Å²) in [4.78, 5) is 20.1. The lowest BCUT2D eigenvalue weighted by molar-refractivity contribution is 0.0692. The zero-order chi connectivity index (χ0) is 9.14. The lowest BCUT2D eigenvalue weighted by Crippen LogP contribution is -1.99. The Hall–Kier alpha value is -1.78. The molecule has 1 aromatic carbocycles. The smallest absolute Gasteiger partial charge is 0.338 e. The molecule has 0 aliphatic carbocycles. The average molecular weight is 169 g/mol. The predicted octanol–water partition coefficient (Wildman–Crippen LogP) is 1.92. The zero-order valence-corrected chi connectivity index (χ0v) is 5.82. The molecule has 1 aromatic rings. The third kappa shape index (κ3) is 1.45. The van der Waals surface area contributed by atoms with Crippen LogP contribution in [0.2, 0.25) is 0 Å². The van der Waals surface area contributed by atoms with Gasteiger partial charge in [-0.2, -0.15) is 0 Å². The molecule has 0 aromatic heterocycles. The third-order valence-electron chi connectivity index (χ3n) is 1.29. The Morgan fingerprint density at radius 2 is 2.17 bits per heavy atom. The monoisotopic (exact) mass is 169 g/mol. The van der Waals surface area contributed by atoms with Crippen molar-refractivity contribution < 1.29 is 14.3 Å². The second-order valence-electron chi connectivity index (χ2n) is 2.06. The van der Waals surface area contributed by atoms with E-state index in [2.05, 4.69) is 5.18 Å². The second kappa shape index (κ2) is 3.08. The fourth-order valence-electron chi connectivity index (χ4n) is 0.734. The first-order chi connectivity index (χ1) is 5.65. The van der Waals surface area contributed by atoms with Gasteiger partial charge in [-0.3, -0.25) is 0 Å². The number of benzene rings is 1. The molecule has 0 aliphatic heterocycles. The molecule has 0 fully saturated rings. The summed E-state index contributed by atoms with van der Waals surface area (Å²) in [7, 11) is 0. The molecule has 0 aliphatic rings. The highest BCUT2D eigenvalue weighted by Gasteiger charge is 2.09. The second-order valence-corrected chi connectivity index (χ2v) is 2.06. The van der Waals surface area contributed by atoms with Crippen molar-refractivity contribution in [1.29, 1.82) is 0 Å². The van der Waals surface area contributed by atoms with E-state index in [-0.39, 0.29) is 5.69 Å². The van der Waals surface area contributed by atoms with E-state index in [1.165, 1.54) is 0 Å². The predicted molar refractivity (Wildman–Crippen MR) is 38.8 cm³/mol. The van der Waals surface area contributed by atoms with Gasteiger partial charge < -0.3 is 5.11 Å². The van der Waals surface area contributed by atoms with Gasteiger partial charge in [-0.25, -0.2) is 9.18 Å². The molecule has 1 N–H and O–H groups in total. The lowest BCUT2D eigenvalue weighted by Gasteiger charge is -1.95. The van der Waals surface area contributed by atoms with Gasteiger partial charge in [-0.15, -0.1) is 4.91 Å². The molecule has 62 valence electrons. The summed E-state index contributed by atoms with van der Waals surface area (Å²) in [6.07, 6.45) is 0. The molecule has 0 unspecified atom stereocenters. The van der Waals surface area contributed by atoms with Crippen LogP contribution in [0.5, 0.6) is 0 Å². The maximum atomic E-state index is 12.7. The molecule has 4 nitrogen and oxygen atoms in total. The number of carbonyl (C=O) groups is 1. The normalized spacial score (nSPS) is 9.42. The molecular formula is C7H4FNO3. The summed E-state index contributed by atoms with van der Waals surface area (Å²) in [6.45, 7) is 0. The summed E-state index contributed by atoms with van der Waals surface area (Å²) >= 11 is 0. The van der Waals surface area contributed by atoms with E-state index in [1.807, 2.05) is 0 Å². The molecule has 0 spiro atoms. The quantitative estimate of drug-likeness (QED) is 0.687. The number of carboxylic acids is 1. The topological polar surface area (TPSA) is 66.7 Å². The van der Waals surface area contributed by atoms with E-state index in [4.69, 9.17) is 5.11 Å². The first-order valence-electron chi connectivity index (χ1n) is 3.01. The standard InChI is InChI=1S/C7H4FNO3/c8-6-3-4(9-12)1-2-5(6)7(10)11/h1-3H,(H,10,11). The maximum absolute atomic E-state index is 12.7. The molecule has 0 heterocycles. The number of nitroso groups, excluding NO2 is 1. The number of halogens is 1. The molecule has 0 amide bonds. The summed E-state index contributed by atoms with van der Waals surface area (Å²) in [5.41, 5.74) is -0.597. The number of aromatic carboxylic acids is 1. The van der Waals surface area contributed by atoms with E-state index in [0.717, 1.165) is 18.2 Å². The molecule has 0 bridgehead atoms. The molecule has 5 heteroatoms. The van der Waals surface area contributed by atoms with Crippen molar-refractivity contribution in [3.8, 4) is 0 Å². The van der Waals surface area contributed by atoms with Crippen LogP contribution in [0.25, 0.3) is 0 Å². The van der Waals surface area contributed by atoms with E-state index < -0.39 is 17.3 Å². The highest BCUT2D eigenvalue weighted by Crippen LogP contribution is 2.16. The van der Waals surface area contributed by atoms with E-state index in [9.17, 15) is 14.1 Å². The minimum Gasteiger partial charge on any atom is -0.478 e. The van der Waals surface area contributed by atoms with Crippen molar-refractivity contribution in [1.82, 2.24) is 0 Å². The number of rotatable bonds is 2. The van der Waals surface area contributed by atoms with Crippen LogP contribution < -0.4 is 0 Å². The van der Waals surface area contributed by atoms with Gasteiger partial charge in [0.2, 0.25) is 0 Å². The van der Waals surface area contributed by atoms with Crippen LogP contribution in [-0.2, 0) is 0 Å². The van der Waals surface area contributed by atoms with Crippen LogP contribution >= 0.6 is 0 Å². The van der Waals surface area contributed by atoms with Gasteiger partial charge in [0.1, 0.15) is 11.5 Å². The lowest BCUT2D eigenvalue weighted by atomic mass is 10.2. The Balaban J connectivity index is 3.20. The van der Waals surface area contributed by atoms with Crippen LogP contribution in [0.3, 0.4) is 0 Å². The van der Waals surface area contributed by atoms with E-state index in [0.29, 0.717) is 0 Å². The van der Waals surface area contributed by atoms with Crippen molar-refractivity contribution >= 4 is 11.7 Å². The fourth-order valence-corrected chi connectivity index (χ4v) is 0.734. The molecule has 0 saturated carbocycles. The third-order valence-corrected chi connectivity index (χ3v) is 1.29. The summed E-state index contributed by atoms with van der Waals surface area (Å²) in [6, 6.07) is 2.91. The Morgan fingerprint density at radius 1 is 1.50 bits per heavy atom. The Bertz CT molecular complexity index is 337. The van der Waals surface area contributed by atoms with Crippen molar-refractivity contribution in [3.63, 3.8) is 0 Å². The van der Waals surface area contributed by atoms with Crippen molar-refractivity contribution in [2.45, 2.75) is 0 Å². The van der Waals surface area contributed by atoms with Crippen LogP contribution in [0.1, 0.15) is 10.4 Å². The summed E-state index contributed by atoms with van der Waals surface area (Å²) < 4.78 is 12.7. The number of hydrogen-bond donors (Lipinski definition) is 1. The molecular weight excluding hydrogens is 165 g/mol. The van der Waals surface area contributed by atoms with E-state index in [1.54, 1.807) is 0 Å². The van der Waals surface area contributed by atoms with Gasteiger partial charge in [-0.05, 0) is 17.3 Å². The molecule has 0 atom stereocenters. The minimum absolute atomic E-state index is 0.127. The van der Waals surface area contributed by atoms with Crippen LogP contribution in [0.4, 0.5) is 10.1 Å². The first kappa shape index (κ1) is 8.32. The Morgan fingerprint density at radius 3 is 2.58 bits per heavy atom. The largest absolute Gasteiger partial charge is 0.478 e. The molecule has 0 saturated heterocycles. The van der Waals surface area contributed by atoms with Crippen LogP contribution in [0.15, 0.2) is 23.4 Å². The van der Waals surface area contributed by atoms with Gasteiger partial charge in [0, 0.05) is 6.07 Å². The van der Waals surface area contributed by atoms with Crippen LogP contribution in [0, 0.1) is 10.7 Å². The number of nitrogens with zero attached hydrogens (tertiary/aromatic N) is 1. The van der Waals surface area contributed by atoms with Crippen molar-refractivity contribution in [3.05, 3.63) is 34.5 Å². The first-order valence-corrected chi connectivity index (χ1v) is 3.01. The summed E-state index contributed by atoms with van der Waals surface area (Å²) in [5.74, 6) is -2.33. The minimum atomic E-state index is -1.37. The maximum Gasteiger partial charge on any atom is 0.338 e.